The number of aliphatic hydroxyl groups excluding tert-OH is 1. The van der Waals surface area contributed by atoms with Crippen molar-refractivity contribution in [3.05, 3.63) is 0 Å². The van der Waals surface area contributed by atoms with Crippen LogP contribution in [0.5, 0.6) is 0 Å². The predicted octanol–water partition coefficient (Wildman–Crippen LogP) is 1.58. The van der Waals surface area contributed by atoms with Crippen LogP contribution in [0.15, 0.2) is 0 Å². The third-order valence-corrected chi connectivity index (χ3v) is 3.79. The van der Waals surface area contributed by atoms with Gasteiger partial charge in [0.2, 0.25) is 0 Å². The van der Waals surface area contributed by atoms with Crippen LogP contribution in [-0.2, 0) is 4.79 Å². The zero-order valence-corrected chi connectivity index (χ0v) is 12.2. The lowest BCUT2D eigenvalue weighted by atomic mass is 10.1. The van der Waals surface area contributed by atoms with Crippen molar-refractivity contribution in [1.82, 2.24) is 10.2 Å². The molecule has 1 fully saturated rings. The molecule has 1 aliphatic heterocycles. The van der Waals surface area contributed by atoms with Crippen LogP contribution in [0, 0.1) is 0 Å². The number of carboxylic acid groups (broad SMARTS) is 1. The Labute approximate surface area is 120 Å². The Morgan fingerprint density at radius 1 is 1.35 bits per heavy atom. The third-order valence-electron chi connectivity index (χ3n) is 3.79. The molecular formula is C14H26N2O4. The molecular weight excluding hydrogens is 260 g/mol. The van der Waals surface area contributed by atoms with Gasteiger partial charge in [-0.05, 0) is 19.3 Å². The first-order chi connectivity index (χ1) is 9.60. The molecule has 0 saturated carbocycles. The molecule has 6 nitrogen and oxygen atoms in total. The van der Waals surface area contributed by atoms with E-state index in [2.05, 4.69) is 5.32 Å². The number of aliphatic carboxylic acids is 1. The molecule has 2 atom stereocenters. The first-order valence-electron chi connectivity index (χ1n) is 7.51. The van der Waals surface area contributed by atoms with E-state index in [-0.39, 0.29) is 18.7 Å². The number of hydrogen-bond donors (Lipinski definition) is 3. The van der Waals surface area contributed by atoms with Gasteiger partial charge in [0.05, 0.1) is 12.6 Å². The predicted molar refractivity (Wildman–Crippen MR) is 75.5 cm³/mol. The lowest BCUT2D eigenvalue weighted by Crippen LogP contribution is -2.52. The molecule has 1 aliphatic rings. The zero-order chi connectivity index (χ0) is 15.0. The number of carboxylic acids is 1. The van der Waals surface area contributed by atoms with E-state index in [4.69, 9.17) is 5.11 Å². The van der Waals surface area contributed by atoms with Gasteiger partial charge in [-0.1, -0.05) is 32.6 Å². The fourth-order valence-electron chi connectivity index (χ4n) is 2.53. The lowest BCUT2D eigenvalue weighted by Gasteiger charge is -2.30. The fourth-order valence-corrected chi connectivity index (χ4v) is 2.53. The molecule has 0 radical (unpaired) electrons. The molecule has 6 heteroatoms. The Morgan fingerprint density at radius 3 is 2.70 bits per heavy atom. The van der Waals surface area contributed by atoms with E-state index >= 15 is 0 Å². The highest BCUT2D eigenvalue weighted by molar-refractivity contribution is 5.82. The van der Waals surface area contributed by atoms with E-state index in [1.54, 1.807) is 4.90 Å². The van der Waals surface area contributed by atoms with Crippen LogP contribution >= 0.6 is 0 Å². The summed E-state index contributed by atoms with van der Waals surface area (Å²) in [6.07, 6.45) is 5.80. The number of urea groups is 1. The number of unbranched alkanes of at least 4 members (excludes halogenated alkanes) is 1. The lowest BCUT2D eigenvalue weighted by molar-refractivity contribution is -0.139. The molecule has 116 valence electrons. The maximum atomic E-state index is 12.2. The highest BCUT2D eigenvalue weighted by Gasteiger charge is 2.28. The molecule has 0 spiro atoms. The first-order valence-corrected chi connectivity index (χ1v) is 7.51. The van der Waals surface area contributed by atoms with Crippen LogP contribution in [0.1, 0.15) is 51.9 Å². The minimum atomic E-state index is -0.998. The van der Waals surface area contributed by atoms with Crippen LogP contribution < -0.4 is 5.32 Å². The molecule has 3 N–H and O–H groups in total. The summed E-state index contributed by atoms with van der Waals surface area (Å²) in [5, 5.41) is 21.1. The van der Waals surface area contributed by atoms with Gasteiger partial charge in [-0.25, -0.2) is 9.59 Å². The second kappa shape index (κ2) is 8.79. The molecule has 0 bridgehead atoms. The quantitative estimate of drug-likeness (QED) is 0.691. The summed E-state index contributed by atoms with van der Waals surface area (Å²) in [5.41, 5.74) is 0. The number of aliphatic hydroxyl groups is 1. The molecule has 0 aliphatic carbocycles. The van der Waals surface area contributed by atoms with E-state index in [0.29, 0.717) is 13.0 Å². The average Bonchev–Trinajstić information content (AvgIpc) is 2.67. The van der Waals surface area contributed by atoms with Crippen molar-refractivity contribution in [3.8, 4) is 0 Å². The van der Waals surface area contributed by atoms with Crippen molar-refractivity contribution in [1.29, 1.82) is 0 Å². The summed E-state index contributed by atoms with van der Waals surface area (Å²) in [5.74, 6) is -0.998. The molecule has 2 amide bonds. The number of rotatable bonds is 6. The summed E-state index contributed by atoms with van der Waals surface area (Å²) in [4.78, 5) is 25.0. The number of hydrogen-bond acceptors (Lipinski definition) is 3. The summed E-state index contributed by atoms with van der Waals surface area (Å²) < 4.78 is 0. The van der Waals surface area contributed by atoms with Gasteiger partial charge >= 0.3 is 12.0 Å². The van der Waals surface area contributed by atoms with Gasteiger partial charge in [-0.15, -0.1) is 0 Å². The van der Waals surface area contributed by atoms with Gasteiger partial charge in [0.25, 0.3) is 0 Å². The maximum absolute atomic E-state index is 12.2. The standard InChI is InChI=1S/C14H26N2O4/c1-2-3-8-12(13(18)19)15-14(20)16-9-6-4-5-7-11(16)10-17/h11-12,17H,2-10H2,1H3,(H,15,20)(H,18,19)/t11?,12-/m0/s1. The van der Waals surface area contributed by atoms with Gasteiger partial charge in [-0.2, -0.15) is 0 Å². The van der Waals surface area contributed by atoms with E-state index in [1.165, 1.54) is 0 Å². The van der Waals surface area contributed by atoms with Crippen molar-refractivity contribution < 1.29 is 19.8 Å². The van der Waals surface area contributed by atoms with Gasteiger partial charge in [0, 0.05) is 6.54 Å². The Morgan fingerprint density at radius 2 is 2.10 bits per heavy atom. The molecule has 20 heavy (non-hydrogen) atoms. The number of carbonyl (C=O) groups excluding carboxylic acids is 1. The average molecular weight is 286 g/mol. The fraction of sp³-hybridized carbons (Fsp3) is 0.857. The van der Waals surface area contributed by atoms with Crippen molar-refractivity contribution >= 4 is 12.0 Å². The highest BCUT2D eigenvalue weighted by atomic mass is 16.4. The van der Waals surface area contributed by atoms with Gasteiger partial charge in [-0.3, -0.25) is 0 Å². The minimum Gasteiger partial charge on any atom is -0.480 e. The Kier molecular flexibility index (Phi) is 7.36. The van der Waals surface area contributed by atoms with Crippen molar-refractivity contribution in [3.63, 3.8) is 0 Å². The smallest absolute Gasteiger partial charge is 0.326 e. The Hall–Kier alpha value is -1.30. The van der Waals surface area contributed by atoms with Crippen LogP contribution in [0.4, 0.5) is 4.79 Å². The van der Waals surface area contributed by atoms with Crippen molar-refractivity contribution in [2.45, 2.75) is 64.0 Å². The van der Waals surface area contributed by atoms with Crippen LogP contribution in [0.25, 0.3) is 0 Å². The van der Waals surface area contributed by atoms with E-state index in [0.717, 1.165) is 38.5 Å². The SMILES string of the molecule is CCCC[C@H](NC(=O)N1CCCCCC1CO)C(=O)O. The summed E-state index contributed by atoms with van der Waals surface area (Å²) in [6, 6.07) is -1.40. The topological polar surface area (TPSA) is 89.9 Å². The molecule has 1 heterocycles. The first kappa shape index (κ1) is 16.8. The van der Waals surface area contributed by atoms with Crippen molar-refractivity contribution in [2.24, 2.45) is 0 Å². The van der Waals surface area contributed by atoms with E-state index in [1.807, 2.05) is 6.92 Å². The normalized spacial score (nSPS) is 21.1. The number of nitrogens with one attached hydrogen (secondary N) is 1. The summed E-state index contributed by atoms with van der Waals surface area (Å²) >= 11 is 0. The van der Waals surface area contributed by atoms with Crippen LogP contribution in [0.3, 0.4) is 0 Å². The van der Waals surface area contributed by atoms with Crippen molar-refractivity contribution in [2.75, 3.05) is 13.2 Å². The Bertz CT molecular complexity index is 322. The van der Waals surface area contributed by atoms with E-state index in [9.17, 15) is 14.7 Å². The van der Waals surface area contributed by atoms with Gasteiger partial charge < -0.3 is 20.4 Å². The molecule has 1 saturated heterocycles. The van der Waals surface area contributed by atoms with Crippen LogP contribution in [0.2, 0.25) is 0 Å². The molecule has 1 unspecified atom stereocenters. The number of nitrogens with zero attached hydrogens (tertiary/aromatic N) is 1. The second-order valence-corrected chi connectivity index (χ2v) is 5.36. The maximum Gasteiger partial charge on any atom is 0.326 e. The zero-order valence-electron chi connectivity index (χ0n) is 12.2. The second-order valence-electron chi connectivity index (χ2n) is 5.36. The number of amides is 2. The Balaban J connectivity index is 2.62. The largest absolute Gasteiger partial charge is 0.480 e. The third kappa shape index (κ3) is 5.00. The minimum absolute atomic E-state index is 0.0693. The molecule has 1 rings (SSSR count). The highest BCUT2D eigenvalue weighted by Crippen LogP contribution is 2.17. The van der Waals surface area contributed by atoms with E-state index < -0.39 is 12.0 Å². The monoisotopic (exact) mass is 286 g/mol. The number of likely N-dealkylation sites (tertiary alicyclic amines) is 1. The molecule has 0 aromatic rings. The van der Waals surface area contributed by atoms with Crippen LogP contribution in [-0.4, -0.2) is 52.3 Å². The summed E-state index contributed by atoms with van der Waals surface area (Å²) in [6.45, 7) is 2.49. The van der Waals surface area contributed by atoms with Gasteiger partial charge in [0.15, 0.2) is 0 Å². The number of carbonyl (C=O) groups is 2. The molecule has 0 aromatic heterocycles. The molecule has 0 aromatic carbocycles. The summed E-state index contributed by atoms with van der Waals surface area (Å²) in [7, 11) is 0. The van der Waals surface area contributed by atoms with Gasteiger partial charge in [0.1, 0.15) is 6.04 Å².